The van der Waals surface area contributed by atoms with Crippen LogP contribution in [0.3, 0.4) is 0 Å². The number of para-hydroxylation sites is 1. The van der Waals surface area contributed by atoms with Gasteiger partial charge in [0.1, 0.15) is 6.10 Å². The summed E-state index contributed by atoms with van der Waals surface area (Å²) in [5.74, 6) is 6.30. The normalized spacial score (nSPS) is 12.7. The van der Waals surface area contributed by atoms with Crippen molar-refractivity contribution in [2.24, 2.45) is 0 Å². The predicted octanol–water partition coefficient (Wildman–Crippen LogP) is 2.90. The van der Waals surface area contributed by atoms with E-state index in [1.54, 1.807) is 18.2 Å². The first-order chi connectivity index (χ1) is 11.7. The molecule has 0 amide bonds. The molecule has 0 radical (unpaired) electrons. The van der Waals surface area contributed by atoms with Gasteiger partial charge in [0.05, 0.1) is 17.5 Å². The molecule has 0 aliphatic heterocycles. The van der Waals surface area contributed by atoms with E-state index in [1.807, 2.05) is 55.5 Å². The molecule has 3 rings (SSSR count). The summed E-state index contributed by atoms with van der Waals surface area (Å²) < 4.78 is 6.81. The van der Waals surface area contributed by atoms with Crippen LogP contribution in [0.1, 0.15) is 24.4 Å². The van der Waals surface area contributed by atoms with Crippen molar-refractivity contribution in [1.82, 2.24) is 9.66 Å². The van der Waals surface area contributed by atoms with E-state index in [1.165, 1.54) is 0 Å². The third-order valence-corrected chi connectivity index (χ3v) is 3.75. The molecular formula is C19H19N3O2. The Labute approximate surface area is 140 Å². The number of benzene rings is 2. The highest BCUT2D eigenvalue weighted by molar-refractivity contribution is 5.77. The zero-order chi connectivity index (χ0) is 16.9. The molecule has 5 nitrogen and oxygen atoms in total. The molecular weight excluding hydrogens is 302 g/mol. The Hall–Kier alpha value is -2.92. The van der Waals surface area contributed by atoms with Gasteiger partial charge in [-0.25, -0.2) is 9.66 Å². The molecule has 0 saturated heterocycles. The highest BCUT2D eigenvalue weighted by Gasteiger charge is 2.14. The number of rotatable bonds is 5. The van der Waals surface area contributed by atoms with Crippen molar-refractivity contribution in [2.75, 3.05) is 12.4 Å². The van der Waals surface area contributed by atoms with Gasteiger partial charge in [-0.05, 0) is 24.6 Å². The molecule has 0 spiro atoms. The molecule has 0 bridgehead atoms. The Balaban J connectivity index is 1.74. The number of ether oxygens (including phenoxy) is 1. The largest absolute Gasteiger partial charge is 0.366 e. The first kappa shape index (κ1) is 16.0. The van der Waals surface area contributed by atoms with E-state index < -0.39 is 6.10 Å². The lowest BCUT2D eigenvalue weighted by atomic mass is 10.2. The molecule has 1 heterocycles. The molecule has 1 aromatic heterocycles. The fourth-order valence-electron chi connectivity index (χ4n) is 2.47. The van der Waals surface area contributed by atoms with Crippen molar-refractivity contribution in [3.63, 3.8) is 0 Å². The van der Waals surface area contributed by atoms with E-state index in [0.717, 1.165) is 10.2 Å². The molecule has 0 unspecified atom stereocenters. The van der Waals surface area contributed by atoms with Crippen LogP contribution in [0.5, 0.6) is 0 Å². The van der Waals surface area contributed by atoms with Gasteiger partial charge in [0.2, 0.25) is 0 Å². The number of nitrogen functional groups attached to an aromatic ring is 1. The van der Waals surface area contributed by atoms with Gasteiger partial charge in [0.15, 0.2) is 5.82 Å². The van der Waals surface area contributed by atoms with Crippen molar-refractivity contribution in [3.8, 4) is 0 Å². The van der Waals surface area contributed by atoms with Crippen LogP contribution in [0.15, 0.2) is 65.5 Å². The molecule has 1 atom stereocenters. The molecule has 24 heavy (non-hydrogen) atoms. The summed E-state index contributed by atoms with van der Waals surface area (Å²) >= 11 is 0. The summed E-state index contributed by atoms with van der Waals surface area (Å²) in [7, 11) is 0. The third-order valence-electron chi connectivity index (χ3n) is 3.75. The van der Waals surface area contributed by atoms with Gasteiger partial charge >= 0.3 is 0 Å². The summed E-state index contributed by atoms with van der Waals surface area (Å²) in [6.45, 7) is 2.23. The standard InChI is InChI=1S/C19H19N3O2/c1-14(24-13-7-10-15-8-3-2-4-9-15)18-21-17-12-6-5-11-16(17)19(23)22(18)20/h2-12,14H,13,20H2,1H3/b10-7-/t14-/m1/s1. The highest BCUT2D eigenvalue weighted by Crippen LogP contribution is 2.15. The lowest BCUT2D eigenvalue weighted by molar-refractivity contribution is 0.0799. The third kappa shape index (κ3) is 3.36. The van der Waals surface area contributed by atoms with E-state index in [-0.39, 0.29) is 5.56 Å². The van der Waals surface area contributed by atoms with Crippen LogP contribution in [0.2, 0.25) is 0 Å². The van der Waals surface area contributed by atoms with Crippen molar-refractivity contribution >= 4 is 17.0 Å². The molecule has 0 fully saturated rings. The second kappa shape index (κ2) is 7.10. The second-order valence-corrected chi connectivity index (χ2v) is 5.45. The van der Waals surface area contributed by atoms with E-state index >= 15 is 0 Å². The van der Waals surface area contributed by atoms with Gasteiger partial charge in [0, 0.05) is 0 Å². The Kier molecular flexibility index (Phi) is 4.72. The summed E-state index contributed by atoms with van der Waals surface area (Å²) in [6, 6.07) is 17.1. The quantitative estimate of drug-likeness (QED) is 0.734. The summed E-state index contributed by atoms with van der Waals surface area (Å²) in [4.78, 5) is 16.8. The van der Waals surface area contributed by atoms with Crippen molar-refractivity contribution in [2.45, 2.75) is 13.0 Å². The van der Waals surface area contributed by atoms with E-state index in [0.29, 0.717) is 23.3 Å². The molecule has 122 valence electrons. The van der Waals surface area contributed by atoms with Gasteiger partial charge in [-0.15, -0.1) is 0 Å². The van der Waals surface area contributed by atoms with Crippen LogP contribution in [0, 0.1) is 0 Å². The Morgan fingerprint density at radius 1 is 1.17 bits per heavy atom. The van der Waals surface area contributed by atoms with Gasteiger partial charge in [0.25, 0.3) is 5.56 Å². The van der Waals surface area contributed by atoms with Crippen LogP contribution in [-0.4, -0.2) is 16.3 Å². The maximum absolute atomic E-state index is 12.3. The van der Waals surface area contributed by atoms with Crippen LogP contribution in [-0.2, 0) is 4.74 Å². The van der Waals surface area contributed by atoms with Crippen molar-refractivity contribution < 1.29 is 4.74 Å². The summed E-state index contributed by atoms with van der Waals surface area (Å²) in [5, 5.41) is 0.500. The molecule has 0 aliphatic carbocycles. The second-order valence-electron chi connectivity index (χ2n) is 5.45. The predicted molar refractivity (Wildman–Crippen MR) is 96.0 cm³/mol. The maximum atomic E-state index is 12.3. The molecule has 0 saturated carbocycles. The SMILES string of the molecule is C[C@@H](OC/C=C\c1ccccc1)c1nc2ccccc2c(=O)n1N. The van der Waals surface area contributed by atoms with Crippen LogP contribution < -0.4 is 11.4 Å². The fourth-order valence-corrected chi connectivity index (χ4v) is 2.47. The maximum Gasteiger partial charge on any atom is 0.279 e. The average molecular weight is 321 g/mol. The molecule has 2 aromatic carbocycles. The Bertz CT molecular complexity index is 917. The highest BCUT2D eigenvalue weighted by atomic mass is 16.5. The topological polar surface area (TPSA) is 70.1 Å². The lowest BCUT2D eigenvalue weighted by Gasteiger charge is -2.15. The summed E-state index contributed by atoms with van der Waals surface area (Å²) in [5.41, 5.74) is 1.45. The first-order valence-corrected chi connectivity index (χ1v) is 7.77. The number of fused-ring (bicyclic) bond motifs is 1. The number of hydrogen-bond donors (Lipinski definition) is 1. The number of nitrogens with two attached hydrogens (primary N) is 1. The molecule has 2 N–H and O–H groups in total. The van der Waals surface area contributed by atoms with Gasteiger partial charge in [-0.1, -0.05) is 54.6 Å². The number of hydrogen-bond acceptors (Lipinski definition) is 4. The number of nitrogens with zero attached hydrogens (tertiary/aromatic N) is 2. The summed E-state index contributed by atoms with van der Waals surface area (Å²) in [6.07, 6.45) is 3.51. The van der Waals surface area contributed by atoms with Crippen LogP contribution >= 0.6 is 0 Å². The molecule has 0 aliphatic rings. The van der Waals surface area contributed by atoms with E-state index in [4.69, 9.17) is 10.6 Å². The Morgan fingerprint density at radius 3 is 2.67 bits per heavy atom. The van der Waals surface area contributed by atoms with Gasteiger partial charge in [-0.3, -0.25) is 4.79 Å². The minimum atomic E-state index is -0.396. The Morgan fingerprint density at radius 2 is 1.88 bits per heavy atom. The first-order valence-electron chi connectivity index (χ1n) is 7.77. The van der Waals surface area contributed by atoms with E-state index in [2.05, 4.69) is 4.98 Å². The van der Waals surface area contributed by atoms with Crippen molar-refractivity contribution in [1.29, 1.82) is 0 Å². The van der Waals surface area contributed by atoms with Crippen LogP contribution in [0.25, 0.3) is 17.0 Å². The zero-order valence-corrected chi connectivity index (χ0v) is 13.4. The van der Waals surface area contributed by atoms with Gasteiger partial charge < -0.3 is 10.6 Å². The molecule has 5 heteroatoms. The smallest absolute Gasteiger partial charge is 0.279 e. The monoisotopic (exact) mass is 321 g/mol. The molecule has 3 aromatic rings. The van der Waals surface area contributed by atoms with E-state index in [9.17, 15) is 4.79 Å². The lowest BCUT2D eigenvalue weighted by Crippen LogP contribution is -2.33. The minimum absolute atomic E-state index is 0.272. The van der Waals surface area contributed by atoms with Gasteiger partial charge in [-0.2, -0.15) is 0 Å². The van der Waals surface area contributed by atoms with Crippen molar-refractivity contribution in [3.05, 3.63) is 82.4 Å². The van der Waals surface area contributed by atoms with Crippen LogP contribution in [0.4, 0.5) is 0 Å². The fraction of sp³-hybridized carbons (Fsp3) is 0.158. The number of aromatic nitrogens is 2. The average Bonchev–Trinajstić information content (AvgIpc) is 2.62. The zero-order valence-electron chi connectivity index (χ0n) is 13.4. The minimum Gasteiger partial charge on any atom is -0.366 e.